The summed E-state index contributed by atoms with van der Waals surface area (Å²) in [6.07, 6.45) is 4.44. The average molecular weight is 197 g/mol. The summed E-state index contributed by atoms with van der Waals surface area (Å²) < 4.78 is 0. The normalized spacial score (nSPS) is 23.3. The van der Waals surface area contributed by atoms with E-state index in [1.54, 1.807) is 0 Å². The number of hydrogen-bond acceptors (Lipinski definition) is 3. The van der Waals surface area contributed by atoms with Gasteiger partial charge in [-0.2, -0.15) is 11.8 Å². The summed E-state index contributed by atoms with van der Waals surface area (Å²) in [6, 6.07) is 0. The van der Waals surface area contributed by atoms with Gasteiger partial charge < -0.3 is 10.7 Å². The van der Waals surface area contributed by atoms with Gasteiger partial charge in [0.25, 0.3) is 0 Å². The lowest BCUT2D eigenvalue weighted by Crippen LogP contribution is -2.10. The Morgan fingerprint density at radius 3 is 3.23 bits per heavy atom. The number of rotatable bonds is 2. The van der Waals surface area contributed by atoms with Crippen LogP contribution in [0, 0.1) is 0 Å². The van der Waals surface area contributed by atoms with Crippen LogP contribution in [0.2, 0.25) is 0 Å². The van der Waals surface area contributed by atoms with Crippen molar-refractivity contribution >= 4 is 11.8 Å². The van der Waals surface area contributed by atoms with Crippen LogP contribution < -0.4 is 5.73 Å². The van der Waals surface area contributed by atoms with Gasteiger partial charge in [-0.05, 0) is 18.6 Å². The summed E-state index contributed by atoms with van der Waals surface area (Å²) in [5, 5.41) is 0. The van der Waals surface area contributed by atoms with E-state index in [0.29, 0.717) is 12.5 Å². The summed E-state index contributed by atoms with van der Waals surface area (Å²) in [6.45, 7) is 0.562. The maximum atomic E-state index is 5.52. The first-order valence-corrected chi connectivity index (χ1v) is 5.87. The predicted molar refractivity (Wildman–Crippen MR) is 55.8 cm³/mol. The molecular weight excluding hydrogens is 182 g/mol. The number of H-pyrrole nitrogens is 1. The minimum atomic E-state index is 0.562. The fraction of sp³-hybridized carbons (Fsp3) is 0.667. The minimum absolute atomic E-state index is 0.562. The summed E-state index contributed by atoms with van der Waals surface area (Å²) in [7, 11) is 0. The molecule has 13 heavy (non-hydrogen) atoms. The quantitative estimate of drug-likeness (QED) is 0.755. The smallest absolute Gasteiger partial charge is 0.110 e. The van der Waals surface area contributed by atoms with Crippen LogP contribution in [0.1, 0.15) is 30.3 Å². The lowest BCUT2D eigenvalue weighted by atomic mass is 10.1. The number of aromatic nitrogens is 2. The van der Waals surface area contributed by atoms with Crippen LogP contribution in [-0.2, 0) is 6.54 Å². The zero-order chi connectivity index (χ0) is 9.10. The van der Waals surface area contributed by atoms with E-state index in [1.165, 1.54) is 24.3 Å². The second kappa shape index (κ2) is 4.15. The van der Waals surface area contributed by atoms with Gasteiger partial charge in [-0.25, -0.2) is 4.98 Å². The van der Waals surface area contributed by atoms with E-state index in [-0.39, 0.29) is 0 Å². The van der Waals surface area contributed by atoms with Crippen LogP contribution in [0.5, 0.6) is 0 Å². The number of thioether (sulfide) groups is 1. The summed E-state index contributed by atoms with van der Waals surface area (Å²) >= 11 is 2.02. The van der Waals surface area contributed by atoms with E-state index < -0.39 is 0 Å². The Morgan fingerprint density at radius 1 is 1.69 bits per heavy atom. The van der Waals surface area contributed by atoms with Crippen molar-refractivity contribution in [1.29, 1.82) is 0 Å². The van der Waals surface area contributed by atoms with Crippen molar-refractivity contribution in [2.75, 3.05) is 11.5 Å². The van der Waals surface area contributed by atoms with Crippen molar-refractivity contribution in [3.05, 3.63) is 17.7 Å². The molecule has 1 aromatic rings. The highest BCUT2D eigenvalue weighted by atomic mass is 32.2. The molecule has 1 atom stereocenters. The fourth-order valence-electron chi connectivity index (χ4n) is 1.64. The molecular formula is C9H15N3S. The zero-order valence-electron chi connectivity index (χ0n) is 7.62. The third kappa shape index (κ3) is 2.06. The Hall–Kier alpha value is -0.480. The number of imidazole rings is 1. The molecule has 1 aromatic heterocycles. The highest BCUT2D eigenvalue weighted by Crippen LogP contribution is 2.29. The first-order valence-electron chi connectivity index (χ1n) is 4.71. The molecule has 3 nitrogen and oxygen atoms in total. The monoisotopic (exact) mass is 197 g/mol. The van der Waals surface area contributed by atoms with Crippen LogP contribution in [0.25, 0.3) is 0 Å². The van der Waals surface area contributed by atoms with Crippen LogP contribution in [0.4, 0.5) is 0 Å². The van der Waals surface area contributed by atoms with E-state index in [9.17, 15) is 0 Å². The minimum Gasteiger partial charge on any atom is -0.345 e. The molecule has 0 aliphatic carbocycles. The molecule has 1 aliphatic rings. The topological polar surface area (TPSA) is 54.7 Å². The second-order valence-corrected chi connectivity index (χ2v) is 4.56. The highest BCUT2D eigenvalue weighted by molar-refractivity contribution is 7.99. The highest BCUT2D eigenvalue weighted by Gasteiger charge is 2.18. The molecule has 72 valence electrons. The second-order valence-electron chi connectivity index (χ2n) is 3.41. The standard InChI is InChI=1S/C9H15N3S/c10-4-8-5-11-9(12-8)7-2-1-3-13-6-7/h5,7H,1-4,6,10H2,(H,11,12). The number of hydrogen-bond donors (Lipinski definition) is 2. The molecule has 2 heterocycles. The molecule has 1 fully saturated rings. The SMILES string of the molecule is NCc1cnc(C2CCCSC2)[nH]1. The zero-order valence-corrected chi connectivity index (χ0v) is 8.44. The lowest BCUT2D eigenvalue weighted by Gasteiger charge is -2.18. The van der Waals surface area contributed by atoms with Crippen molar-refractivity contribution in [2.24, 2.45) is 5.73 Å². The van der Waals surface area contributed by atoms with E-state index in [2.05, 4.69) is 9.97 Å². The molecule has 1 unspecified atom stereocenters. The van der Waals surface area contributed by atoms with Gasteiger partial charge in [0.05, 0.1) is 0 Å². The molecule has 0 radical (unpaired) electrons. The number of aromatic amines is 1. The van der Waals surface area contributed by atoms with Gasteiger partial charge >= 0.3 is 0 Å². The van der Waals surface area contributed by atoms with Crippen molar-refractivity contribution in [3.63, 3.8) is 0 Å². The predicted octanol–water partition coefficient (Wildman–Crippen LogP) is 1.48. The Labute approximate surface area is 82.5 Å². The van der Waals surface area contributed by atoms with Gasteiger partial charge in [0.1, 0.15) is 5.82 Å². The largest absolute Gasteiger partial charge is 0.345 e. The van der Waals surface area contributed by atoms with E-state index in [0.717, 1.165) is 11.5 Å². The summed E-state index contributed by atoms with van der Waals surface area (Å²) in [5.74, 6) is 4.27. The Kier molecular flexibility index (Phi) is 2.90. The van der Waals surface area contributed by atoms with Gasteiger partial charge in [-0.3, -0.25) is 0 Å². The third-order valence-electron chi connectivity index (χ3n) is 2.42. The van der Waals surface area contributed by atoms with Gasteiger partial charge in [-0.15, -0.1) is 0 Å². The van der Waals surface area contributed by atoms with Gasteiger partial charge in [0.15, 0.2) is 0 Å². The average Bonchev–Trinajstić information content (AvgIpc) is 2.67. The maximum Gasteiger partial charge on any atom is 0.110 e. The van der Waals surface area contributed by atoms with Crippen LogP contribution in [0.15, 0.2) is 6.20 Å². The fourth-order valence-corrected chi connectivity index (χ4v) is 2.79. The van der Waals surface area contributed by atoms with Crippen LogP contribution in [0.3, 0.4) is 0 Å². The molecule has 0 bridgehead atoms. The van der Waals surface area contributed by atoms with Gasteiger partial charge in [0, 0.05) is 30.1 Å². The van der Waals surface area contributed by atoms with Crippen molar-refractivity contribution in [1.82, 2.24) is 9.97 Å². The van der Waals surface area contributed by atoms with Crippen molar-refractivity contribution < 1.29 is 0 Å². The van der Waals surface area contributed by atoms with Crippen LogP contribution >= 0.6 is 11.8 Å². The molecule has 3 N–H and O–H groups in total. The van der Waals surface area contributed by atoms with Crippen molar-refractivity contribution in [2.45, 2.75) is 25.3 Å². The molecule has 0 saturated carbocycles. The van der Waals surface area contributed by atoms with Gasteiger partial charge in [0.2, 0.25) is 0 Å². The Bertz CT molecular complexity index is 266. The Balaban J connectivity index is 2.05. The number of nitrogens with zero attached hydrogens (tertiary/aromatic N) is 1. The lowest BCUT2D eigenvalue weighted by molar-refractivity contribution is 0.628. The van der Waals surface area contributed by atoms with E-state index in [1.807, 2.05) is 18.0 Å². The first kappa shape index (κ1) is 9.09. The molecule has 1 aliphatic heterocycles. The molecule has 0 spiro atoms. The van der Waals surface area contributed by atoms with E-state index in [4.69, 9.17) is 5.73 Å². The molecule has 0 aromatic carbocycles. The molecule has 2 rings (SSSR count). The number of nitrogens with two attached hydrogens (primary N) is 1. The maximum absolute atomic E-state index is 5.52. The molecule has 0 amide bonds. The number of nitrogens with one attached hydrogen (secondary N) is 1. The van der Waals surface area contributed by atoms with Crippen molar-refractivity contribution in [3.8, 4) is 0 Å². The summed E-state index contributed by atoms with van der Waals surface area (Å²) in [4.78, 5) is 7.64. The van der Waals surface area contributed by atoms with E-state index >= 15 is 0 Å². The Morgan fingerprint density at radius 2 is 2.62 bits per heavy atom. The molecule has 4 heteroatoms. The summed E-state index contributed by atoms with van der Waals surface area (Å²) in [5.41, 5.74) is 6.56. The van der Waals surface area contributed by atoms with Crippen LogP contribution in [-0.4, -0.2) is 21.5 Å². The third-order valence-corrected chi connectivity index (χ3v) is 3.63. The first-order chi connectivity index (χ1) is 6.40. The van der Waals surface area contributed by atoms with Gasteiger partial charge in [-0.1, -0.05) is 0 Å². The molecule has 1 saturated heterocycles.